The van der Waals surface area contributed by atoms with Gasteiger partial charge in [-0.3, -0.25) is 4.79 Å². The van der Waals surface area contributed by atoms with Crippen LogP contribution >= 0.6 is 0 Å². The van der Waals surface area contributed by atoms with E-state index in [1.165, 1.54) is 51.4 Å². The zero-order chi connectivity index (χ0) is 16.3. The van der Waals surface area contributed by atoms with Gasteiger partial charge in [-0.1, -0.05) is 57.8 Å². The van der Waals surface area contributed by atoms with Crippen molar-refractivity contribution in [3.05, 3.63) is 0 Å². The molecule has 0 bridgehead atoms. The molecule has 0 aliphatic rings. The van der Waals surface area contributed by atoms with Crippen LogP contribution in [0.5, 0.6) is 0 Å². The molecule has 0 unspecified atom stereocenters. The normalized spacial score (nSPS) is 10.8. The maximum Gasteiger partial charge on any atom is 0.305 e. The van der Waals surface area contributed by atoms with Gasteiger partial charge in [0.05, 0.1) is 6.61 Å². The average molecular weight is 316 g/mol. The number of carbonyl (C=O) groups excluding carboxylic acids is 1. The number of carbonyl (C=O) groups is 1. The molecule has 0 aliphatic heterocycles. The summed E-state index contributed by atoms with van der Waals surface area (Å²) in [6.07, 6.45) is 14.3. The van der Waals surface area contributed by atoms with Crippen molar-refractivity contribution >= 4 is 5.97 Å². The second kappa shape index (κ2) is 18.4. The fraction of sp³-hybridized carbons (Fsp3) is 0.944. The van der Waals surface area contributed by atoms with E-state index in [0.29, 0.717) is 19.8 Å². The van der Waals surface area contributed by atoms with E-state index in [2.05, 4.69) is 0 Å². The summed E-state index contributed by atoms with van der Waals surface area (Å²) in [5.41, 5.74) is 0. The van der Waals surface area contributed by atoms with Crippen molar-refractivity contribution in [2.75, 3.05) is 27.1 Å². The molecule has 0 radical (unpaired) electrons. The Hall–Kier alpha value is -0.610. The van der Waals surface area contributed by atoms with E-state index in [0.717, 1.165) is 25.9 Å². The Morgan fingerprint density at radius 1 is 0.773 bits per heavy atom. The largest absolute Gasteiger partial charge is 0.466 e. The lowest BCUT2D eigenvalue weighted by molar-refractivity contribution is -0.143. The first kappa shape index (κ1) is 21.4. The molecule has 0 saturated heterocycles. The summed E-state index contributed by atoms with van der Waals surface area (Å²) in [4.78, 5) is 11.1. The molecular weight excluding hydrogens is 280 g/mol. The van der Waals surface area contributed by atoms with Crippen molar-refractivity contribution in [2.45, 2.75) is 84.0 Å². The Morgan fingerprint density at radius 3 is 1.77 bits per heavy atom. The van der Waals surface area contributed by atoms with Gasteiger partial charge in [0.2, 0.25) is 0 Å². The number of rotatable bonds is 17. The predicted molar refractivity (Wildman–Crippen MR) is 89.9 cm³/mol. The smallest absolute Gasteiger partial charge is 0.305 e. The summed E-state index contributed by atoms with van der Waals surface area (Å²) in [7, 11) is 1.65. The van der Waals surface area contributed by atoms with Crippen molar-refractivity contribution in [1.29, 1.82) is 0 Å². The molecule has 132 valence electrons. The number of ether oxygens (including phenoxy) is 3. The van der Waals surface area contributed by atoms with Gasteiger partial charge in [-0.25, -0.2) is 0 Å². The van der Waals surface area contributed by atoms with Crippen molar-refractivity contribution in [3.8, 4) is 0 Å². The number of unbranched alkanes of at least 4 members (excludes halogenated alkanes) is 10. The Labute approximate surface area is 136 Å². The first-order valence-corrected chi connectivity index (χ1v) is 9.03. The fourth-order valence-corrected chi connectivity index (χ4v) is 2.44. The van der Waals surface area contributed by atoms with Gasteiger partial charge >= 0.3 is 5.97 Å². The van der Waals surface area contributed by atoms with Crippen LogP contribution in [0, 0.1) is 0 Å². The van der Waals surface area contributed by atoms with Gasteiger partial charge in [-0.2, -0.15) is 0 Å². The van der Waals surface area contributed by atoms with E-state index in [-0.39, 0.29) is 5.97 Å². The zero-order valence-electron chi connectivity index (χ0n) is 14.7. The second-order valence-corrected chi connectivity index (χ2v) is 5.76. The van der Waals surface area contributed by atoms with E-state index >= 15 is 0 Å². The molecular formula is C18H36O4. The van der Waals surface area contributed by atoms with E-state index in [4.69, 9.17) is 14.2 Å². The third-order valence-electron chi connectivity index (χ3n) is 3.68. The lowest BCUT2D eigenvalue weighted by atomic mass is 10.1. The van der Waals surface area contributed by atoms with Crippen molar-refractivity contribution in [3.63, 3.8) is 0 Å². The van der Waals surface area contributed by atoms with Crippen LogP contribution in [0.25, 0.3) is 0 Å². The van der Waals surface area contributed by atoms with Gasteiger partial charge in [0, 0.05) is 20.1 Å². The van der Waals surface area contributed by atoms with Crippen LogP contribution in [0.1, 0.15) is 84.0 Å². The average Bonchev–Trinajstić information content (AvgIpc) is 2.51. The van der Waals surface area contributed by atoms with Crippen LogP contribution < -0.4 is 0 Å². The van der Waals surface area contributed by atoms with E-state index in [1.807, 2.05) is 6.92 Å². The molecule has 0 atom stereocenters. The minimum atomic E-state index is -0.0462. The van der Waals surface area contributed by atoms with E-state index in [1.54, 1.807) is 7.11 Å². The lowest BCUT2D eigenvalue weighted by Crippen LogP contribution is -2.03. The fourth-order valence-electron chi connectivity index (χ4n) is 2.44. The summed E-state index contributed by atoms with van der Waals surface area (Å²) in [5.74, 6) is -0.0462. The summed E-state index contributed by atoms with van der Waals surface area (Å²) < 4.78 is 15.0. The predicted octanol–water partition coefficient (Wildman–Crippen LogP) is 4.85. The topological polar surface area (TPSA) is 44.8 Å². The molecule has 0 rings (SSSR count). The van der Waals surface area contributed by atoms with Gasteiger partial charge in [-0.15, -0.1) is 0 Å². The molecule has 0 aliphatic carbocycles. The molecule has 0 aromatic heterocycles. The Kier molecular flexibility index (Phi) is 17.9. The molecule has 0 aromatic rings. The van der Waals surface area contributed by atoms with Gasteiger partial charge < -0.3 is 14.2 Å². The highest BCUT2D eigenvalue weighted by Crippen LogP contribution is 2.12. The highest BCUT2D eigenvalue weighted by Gasteiger charge is 2.00. The molecule has 0 aromatic carbocycles. The van der Waals surface area contributed by atoms with Crippen molar-refractivity contribution < 1.29 is 19.0 Å². The van der Waals surface area contributed by atoms with Crippen molar-refractivity contribution in [1.82, 2.24) is 0 Å². The molecule has 0 spiro atoms. The minimum absolute atomic E-state index is 0.0462. The van der Waals surface area contributed by atoms with E-state index < -0.39 is 0 Å². The third-order valence-corrected chi connectivity index (χ3v) is 3.68. The lowest BCUT2D eigenvalue weighted by Gasteiger charge is -2.04. The SMILES string of the molecule is CCOC(=O)CCCCCCCCCCCCCOCOC. The summed E-state index contributed by atoms with van der Waals surface area (Å²) in [6, 6.07) is 0. The summed E-state index contributed by atoms with van der Waals surface area (Å²) in [5, 5.41) is 0. The van der Waals surface area contributed by atoms with Crippen LogP contribution in [0.2, 0.25) is 0 Å². The molecule has 22 heavy (non-hydrogen) atoms. The number of methoxy groups -OCH3 is 1. The standard InChI is InChI=1S/C18H36O4/c1-3-22-18(19)15-13-11-9-7-5-4-6-8-10-12-14-16-21-17-20-2/h3-17H2,1-2H3. The Bertz CT molecular complexity index is 231. The quantitative estimate of drug-likeness (QED) is 0.218. The van der Waals surface area contributed by atoms with Crippen molar-refractivity contribution in [2.24, 2.45) is 0 Å². The molecule has 0 saturated carbocycles. The van der Waals surface area contributed by atoms with Crippen LogP contribution in [-0.4, -0.2) is 33.1 Å². The highest BCUT2D eigenvalue weighted by molar-refractivity contribution is 5.69. The Balaban J connectivity index is 3.01. The first-order valence-electron chi connectivity index (χ1n) is 9.03. The number of hydrogen-bond acceptors (Lipinski definition) is 4. The second-order valence-electron chi connectivity index (χ2n) is 5.76. The molecule has 0 amide bonds. The number of hydrogen-bond donors (Lipinski definition) is 0. The number of esters is 1. The molecule has 0 N–H and O–H groups in total. The Morgan fingerprint density at radius 2 is 1.27 bits per heavy atom. The minimum Gasteiger partial charge on any atom is -0.466 e. The molecule has 4 nitrogen and oxygen atoms in total. The van der Waals surface area contributed by atoms with Crippen LogP contribution in [-0.2, 0) is 19.0 Å². The van der Waals surface area contributed by atoms with Crippen LogP contribution in [0.3, 0.4) is 0 Å². The zero-order valence-corrected chi connectivity index (χ0v) is 14.7. The van der Waals surface area contributed by atoms with Crippen LogP contribution in [0.15, 0.2) is 0 Å². The van der Waals surface area contributed by atoms with Gasteiger partial charge in [-0.05, 0) is 19.8 Å². The van der Waals surface area contributed by atoms with E-state index in [9.17, 15) is 4.79 Å². The van der Waals surface area contributed by atoms with Crippen LogP contribution in [0.4, 0.5) is 0 Å². The first-order chi connectivity index (χ1) is 10.8. The third kappa shape index (κ3) is 17.4. The molecule has 0 fully saturated rings. The molecule has 0 heterocycles. The van der Waals surface area contributed by atoms with Gasteiger partial charge in [0.25, 0.3) is 0 Å². The summed E-state index contributed by atoms with van der Waals surface area (Å²) in [6.45, 7) is 3.59. The van der Waals surface area contributed by atoms with Gasteiger partial charge in [0.1, 0.15) is 6.79 Å². The van der Waals surface area contributed by atoms with Gasteiger partial charge in [0.15, 0.2) is 0 Å². The molecule has 4 heteroatoms. The monoisotopic (exact) mass is 316 g/mol. The summed E-state index contributed by atoms with van der Waals surface area (Å²) >= 11 is 0. The highest BCUT2D eigenvalue weighted by atomic mass is 16.7. The maximum atomic E-state index is 11.1. The maximum absolute atomic E-state index is 11.1.